The lowest BCUT2D eigenvalue weighted by Crippen LogP contribution is -1.93. The zero-order chi connectivity index (χ0) is 13.4. The van der Waals surface area contributed by atoms with Gasteiger partial charge in [-0.3, -0.25) is 0 Å². The Kier molecular flexibility index (Phi) is 3.35. The minimum Gasteiger partial charge on any atom is -0.231 e. The molecule has 0 unspecified atom stereocenters. The van der Waals surface area contributed by atoms with E-state index in [1.54, 1.807) is 16.7 Å². The second kappa shape index (κ2) is 5.00. The first-order valence-corrected chi connectivity index (χ1v) is 7.78. The van der Waals surface area contributed by atoms with Gasteiger partial charge in [0.05, 0.1) is 10.6 Å². The number of halogens is 1. The zero-order valence-electron chi connectivity index (χ0n) is 10.3. The second-order valence-corrected chi connectivity index (χ2v) is 6.34. The fourth-order valence-corrected chi connectivity index (χ4v) is 3.45. The summed E-state index contributed by atoms with van der Waals surface area (Å²) in [6.07, 6.45) is 0. The van der Waals surface area contributed by atoms with Crippen molar-refractivity contribution in [1.29, 1.82) is 0 Å². The third-order valence-electron chi connectivity index (χ3n) is 2.50. The standard InChI is InChI=1S/C13H10ClN3S2/c1-7-3-10(18-5-7)9-4-8(2)15-12(16-9)13-17-11(14)6-19-13/h3-6H,1-2H3. The maximum atomic E-state index is 5.86. The van der Waals surface area contributed by atoms with Crippen molar-refractivity contribution < 1.29 is 0 Å². The number of aryl methyl sites for hydroxylation is 2. The van der Waals surface area contributed by atoms with Crippen LogP contribution in [0.15, 0.2) is 22.9 Å². The van der Waals surface area contributed by atoms with Crippen LogP contribution in [0.5, 0.6) is 0 Å². The van der Waals surface area contributed by atoms with Crippen molar-refractivity contribution >= 4 is 34.3 Å². The Morgan fingerprint density at radius 3 is 2.47 bits per heavy atom. The third-order valence-corrected chi connectivity index (χ3v) is 4.74. The van der Waals surface area contributed by atoms with Crippen LogP contribution in [-0.2, 0) is 0 Å². The Labute approximate surface area is 124 Å². The van der Waals surface area contributed by atoms with Gasteiger partial charge in [0.25, 0.3) is 0 Å². The smallest absolute Gasteiger partial charge is 0.189 e. The summed E-state index contributed by atoms with van der Waals surface area (Å²) in [4.78, 5) is 14.4. The van der Waals surface area contributed by atoms with Crippen LogP contribution < -0.4 is 0 Å². The molecule has 19 heavy (non-hydrogen) atoms. The van der Waals surface area contributed by atoms with Crippen LogP contribution in [0, 0.1) is 13.8 Å². The van der Waals surface area contributed by atoms with Gasteiger partial charge < -0.3 is 0 Å². The van der Waals surface area contributed by atoms with Crippen LogP contribution in [0.4, 0.5) is 0 Å². The molecule has 0 N–H and O–H groups in total. The quantitative estimate of drug-likeness (QED) is 0.694. The van der Waals surface area contributed by atoms with E-state index in [0.29, 0.717) is 11.0 Å². The molecule has 3 rings (SSSR count). The molecule has 0 fully saturated rings. The molecule has 3 nitrogen and oxygen atoms in total. The van der Waals surface area contributed by atoms with Crippen LogP contribution in [0.3, 0.4) is 0 Å². The van der Waals surface area contributed by atoms with E-state index in [9.17, 15) is 0 Å². The van der Waals surface area contributed by atoms with E-state index in [2.05, 4.69) is 33.3 Å². The highest BCUT2D eigenvalue weighted by atomic mass is 35.5. The van der Waals surface area contributed by atoms with Crippen molar-refractivity contribution in [3.05, 3.63) is 39.3 Å². The average molecular weight is 308 g/mol. The van der Waals surface area contributed by atoms with Crippen molar-refractivity contribution in [3.8, 4) is 21.4 Å². The van der Waals surface area contributed by atoms with Gasteiger partial charge >= 0.3 is 0 Å². The molecule has 6 heteroatoms. The number of hydrogen-bond donors (Lipinski definition) is 0. The van der Waals surface area contributed by atoms with Gasteiger partial charge in [-0.1, -0.05) is 11.6 Å². The highest BCUT2D eigenvalue weighted by Crippen LogP contribution is 2.29. The summed E-state index contributed by atoms with van der Waals surface area (Å²) in [5.41, 5.74) is 3.11. The van der Waals surface area contributed by atoms with E-state index in [1.165, 1.54) is 16.9 Å². The molecule has 0 radical (unpaired) electrons. The molecule has 0 bridgehead atoms. The second-order valence-electron chi connectivity index (χ2n) is 4.18. The number of rotatable bonds is 2. The van der Waals surface area contributed by atoms with Gasteiger partial charge in [0.2, 0.25) is 0 Å². The summed E-state index contributed by atoms with van der Waals surface area (Å²) >= 11 is 9.00. The summed E-state index contributed by atoms with van der Waals surface area (Å²) in [6, 6.07) is 4.12. The lowest BCUT2D eigenvalue weighted by atomic mass is 10.2. The number of thiazole rings is 1. The van der Waals surface area contributed by atoms with Gasteiger partial charge in [0, 0.05) is 11.1 Å². The van der Waals surface area contributed by atoms with E-state index >= 15 is 0 Å². The van der Waals surface area contributed by atoms with Gasteiger partial charge in [-0.05, 0) is 36.9 Å². The Hall–Kier alpha value is -1.30. The van der Waals surface area contributed by atoms with Crippen molar-refractivity contribution in [2.75, 3.05) is 0 Å². The Balaban J connectivity index is 2.10. The summed E-state index contributed by atoms with van der Waals surface area (Å²) in [7, 11) is 0. The highest BCUT2D eigenvalue weighted by Gasteiger charge is 2.11. The summed E-state index contributed by atoms with van der Waals surface area (Å²) in [6.45, 7) is 4.04. The molecule has 0 aliphatic carbocycles. The van der Waals surface area contributed by atoms with E-state index in [4.69, 9.17) is 11.6 Å². The molecule has 0 amide bonds. The SMILES string of the molecule is Cc1csc(-c2cc(C)nc(-c3nc(Cl)cs3)n2)c1. The fraction of sp³-hybridized carbons (Fsp3) is 0.154. The topological polar surface area (TPSA) is 38.7 Å². The number of thiophene rings is 1. The van der Waals surface area contributed by atoms with Crippen LogP contribution in [0.2, 0.25) is 5.15 Å². The molecule has 3 aromatic heterocycles. The van der Waals surface area contributed by atoms with Crippen LogP contribution in [0.25, 0.3) is 21.4 Å². The van der Waals surface area contributed by atoms with Gasteiger partial charge in [0.15, 0.2) is 10.8 Å². The van der Waals surface area contributed by atoms with Gasteiger partial charge in [-0.2, -0.15) is 0 Å². The van der Waals surface area contributed by atoms with Crippen molar-refractivity contribution in [2.45, 2.75) is 13.8 Å². The number of aromatic nitrogens is 3. The molecule has 3 aromatic rings. The number of hydrogen-bond acceptors (Lipinski definition) is 5. The molecule has 0 aliphatic rings. The van der Waals surface area contributed by atoms with Crippen LogP contribution in [-0.4, -0.2) is 15.0 Å². The van der Waals surface area contributed by atoms with Crippen molar-refractivity contribution in [2.24, 2.45) is 0 Å². The largest absolute Gasteiger partial charge is 0.231 e. The molecule has 3 heterocycles. The minimum atomic E-state index is 0.485. The summed E-state index contributed by atoms with van der Waals surface area (Å²) in [5.74, 6) is 0.637. The van der Waals surface area contributed by atoms with Crippen LogP contribution >= 0.6 is 34.3 Å². The normalized spacial score (nSPS) is 10.9. The van der Waals surface area contributed by atoms with Crippen molar-refractivity contribution in [1.82, 2.24) is 15.0 Å². The number of nitrogens with zero attached hydrogens (tertiary/aromatic N) is 3. The molecule has 0 saturated heterocycles. The minimum absolute atomic E-state index is 0.485. The monoisotopic (exact) mass is 307 g/mol. The zero-order valence-corrected chi connectivity index (χ0v) is 12.7. The van der Waals surface area contributed by atoms with E-state index < -0.39 is 0 Å². The highest BCUT2D eigenvalue weighted by molar-refractivity contribution is 7.14. The molecular formula is C13H10ClN3S2. The Morgan fingerprint density at radius 2 is 1.84 bits per heavy atom. The molecule has 96 valence electrons. The molecule has 0 spiro atoms. The van der Waals surface area contributed by atoms with Gasteiger partial charge in [-0.15, -0.1) is 22.7 Å². The lowest BCUT2D eigenvalue weighted by molar-refractivity contribution is 1.11. The van der Waals surface area contributed by atoms with Crippen LogP contribution in [0.1, 0.15) is 11.3 Å². The lowest BCUT2D eigenvalue weighted by Gasteiger charge is -2.02. The fourth-order valence-electron chi connectivity index (χ4n) is 1.71. The Bertz CT molecular complexity index is 675. The first-order chi connectivity index (χ1) is 9.11. The maximum Gasteiger partial charge on any atom is 0.189 e. The van der Waals surface area contributed by atoms with E-state index in [-0.39, 0.29) is 0 Å². The molecule has 0 aromatic carbocycles. The molecular weight excluding hydrogens is 298 g/mol. The molecule has 0 atom stereocenters. The third kappa shape index (κ3) is 2.68. The van der Waals surface area contributed by atoms with E-state index in [1.807, 2.05) is 13.0 Å². The van der Waals surface area contributed by atoms with E-state index in [0.717, 1.165) is 21.3 Å². The predicted octanol–water partition coefficient (Wildman–Crippen LogP) is 4.60. The average Bonchev–Trinajstić information content (AvgIpc) is 2.97. The van der Waals surface area contributed by atoms with Gasteiger partial charge in [-0.25, -0.2) is 15.0 Å². The maximum absolute atomic E-state index is 5.86. The first-order valence-electron chi connectivity index (χ1n) is 5.64. The summed E-state index contributed by atoms with van der Waals surface area (Å²) in [5, 5.41) is 5.14. The van der Waals surface area contributed by atoms with Gasteiger partial charge in [0.1, 0.15) is 5.15 Å². The molecule has 0 saturated carbocycles. The first kappa shape index (κ1) is 12.7. The predicted molar refractivity (Wildman–Crippen MR) is 80.9 cm³/mol. The molecule has 0 aliphatic heterocycles. The summed E-state index contributed by atoms with van der Waals surface area (Å²) < 4.78 is 0. The Morgan fingerprint density at radius 1 is 1.00 bits per heavy atom. The van der Waals surface area contributed by atoms with Crippen molar-refractivity contribution in [3.63, 3.8) is 0 Å².